The molecule has 0 aromatic rings. The fourth-order valence-electron chi connectivity index (χ4n) is 2.30. The number of ether oxygens (including phenoxy) is 1. The van der Waals surface area contributed by atoms with Crippen LogP contribution in [0.2, 0.25) is 0 Å². The minimum absolute atomic E-state index is 0. The van der Waals surface area contributed by atoms with Crippen LogP contribution in [0.15, 0.2) is 23.5 Å². The lowest BCUT2D eigenvalue weighted by atomic mass is 9.93. The molecule has 0 heterocycles. The van der Waals surface area contributed by atoms with Crippen molar-refractivity contribution in [3.05, 3.63) is 23.5 Å². The quantitative estimate of drug-likeness (QED) is 0.380. The molecule has 0 bridgehead atoms. The van der Waals surface area contributed by atoms with Crippen LogP contribution in [0.3, 0.4) is 0 Å². The second-order valence-electron chi connectivity index (χ2n) is 4.88. The van der Waals surface area contributed by atoms with Gasteiger partial charge in [0.1, 0.15) is 0 Å². The maximum atomic E-state index is 9.53. The summed E-state index contributed by atoms with van der Waals surface area (Å²) in [5.41, 5.74) is 7.07. The van der Waals surface area contributed by atoms with Crippen molar-refractivity contribution in [3.8, 4) is 11.8 Å². The predicted molar refractivity (Wildman–Crippen MR) is 108 cm³/mol. The fraction of sp³-hybridized carbons (Fsp3) is 0.714. The smallest absolute Gasteiger partial charge is 0.167 e. The van der Waals surface area contributed by atoms with E-state index in [9.17, 15) is 5.11 Å². The molecule has 0 aromatic heterocycles. The van der Waals surface area contributed by atoms with E-state index >= 15 is 0 Å². The summed E-state index contributed by atoms with van der Waals surface area (Å²) >= 11 is 0. The van der Waals surface area contributed by atoms with Crippen LogP contribution >= 0.6 is 0 Å². The fourth-order valence-corrected chi connectivity index (χ4v) is 2.30. The van der Waals surface area contributed by atoms with Crippen molar-refractivity contribution in [2.24, 2.45) is 5.73 Å². The third-order valence-electron chi connectivity index (χ3n) is 3.42. The maximum absolute atomic E-state index is 9.53. The van der Waals surface area contributed by atoms with Gasteiger partial charge in [-0.05, 0) is 50.7 Å². The first-order valence-corrected chi connectivity index (χ1v) is 9.03. The highest BCUT2D eigenvalue weighted by atomic mass is 16.5. The van der Waals surface area contributed by atoms with Gasteiger partial charge in [0.25, 0.3) is 0 Å². The topological polar surface area (TPSA) is 55.5 Å². The third kappa shape index (κ3) is 13.2. The Morgan fingerprint density at radius 3 is 2.29 bits per heavy atom. The highest BCUT2D eigenvalue weighted by Crippen LogP contribution is 2.20. The minimum atomic E-state index is 0. The van der Waals surface area contributed by atoms with Crippen LogP contribution < -0.4 is 5.73 Å². The minimum Gasteiger partial charge on any atom is -0.501 e. The van der Waals surface area contributed by atoms with E-state index in [-0.39, 0.29) is 25.3 Å². The zero-order chi connectivity index (χ0) is 18.1. The van der Waals surface area contributed by atoms with Gasteiger partial charge in [-0.2, -0.15) is 0 Å². The molecule has 0 saturated heterocycles. The molecule has 1 aliphatic rings. The Bertz CT molecular complexity index is 388. The Morgan fingerprint density at radius 2 is 1.79 bits per heavy atom. The Balaban J connectivity index is -0.000000817. The zero-order valence-corrected chi connectivity index (χ0v) is 16.0. The molecule has 1 saturated carbocycles. The van der Waals surface area contributed by atoms with E-state index in [0.717, 1.165) is 24.8 Å². The molecule has 24 heavy (non-hydrogen) atoms. The van der Waals surface area contributed by atoms with E-state index < -0.39 is 0 Å². The monoisotopic (exact) mass is 339 g/mol. The van der Waals surface area contributed by atoms with Crippen LogP contribution in [-0.4, -0.2) is 23.9 Å². The highest BCUT2D eigenvalue weighted by molar-refractivity contribution is 5.30. The first-order valence-electron chi connectivity index (χ1n) is 9.03. The standard InChI is InChI=1S/C16H25NO2.2C2H6.CH4/c1-3-7-14(18)12-13(4-2)10-11-19-16-9-6-5-8-15(16)17;2*1-2;/h4,12,15-16,18H,5-6,8-11,17H2,1-2H3;2*1-2H3;1H4/b13-4-,14-12-;;;. The van der Waals surface area contributed by atoms with Gasteiger partial charge >= 0.3 is 0 Å². The molecule has 3 nitrogen and oxygen atoms in total. The van der Waals surface area contributed by atoms with Gasteiger partial charge in [0.05, 0.1) is 12.7 Å². The first-order chi connectivity index (χ1) is 11.2. The molecule has 0 spiro atoms. The number of aliphatic hydroxyl groups excluding tert-OH is 1. The molecular weight excluding hydrogens is 298 g/mol. The summed E-state index contributed by atoms with van der Waals surface area (Å²) in [6.07, 6.45) is 9.19. The normalized spacial score (nSPS) is 20.1. The van der Waals surface area contributed by atoms with Crippen molar-refractivity contribution in [2.75, 3.05) is 6.61 Å². The van der Waals surface area contributed by atoms with E-state index in [2.05, 4.69) is 11.8 Å². The number of hydrogen-bond donors (Lipinski definition) is 2. The van der Waals surface area contributed by atoms with Gasteiger partial charge in [-0.15, -0.1) is 0 Å². The molecular formula is C21H41NO2. The molecule has 0 aliphatic heterocycles. The first kappa shape index (κ1) is 27.6. The molecule has 1 fully saturated rings. The van der Waals surface area contributed by atoms with Crippen LogP contribution in [0.1, 0.15) is 81.1 Å². The number of hydrogen-bond acceptors (Lipinski definition) is 3. The lowest BCUT2D eigenvalue weighted by Crippen LogP contribution is -2.39. The van der Waals surface area contributed by atoms with Gasteiger partial charge in [0, 0.05) is 6.04 Å². The average Bonchev–Trinajstić information content (AvgIpc) is 2.59. The average molecular weight is 340 g/mol. The number of aliphatic hydroxyl groups is 1. The lowest BCUT2D eigenvalue weighted by molar-refractivity contribution is 0.0171. The summed E-state index contributed by atoms with van der Waals surface area (Å²) in [7, 11) is 0. The molecule has 0 aromatic carbocycles. The molecule has 2 atom stereocenters. The summed E-state index contributed by atoms with van der Waals surface area (Å²) in [4.78, 5) is 0. The van der Waals surface area contributed by atoms with Crippen molar-refractivity contribution in [2.45, 2.75) is 93.2 Å². The van der Waals surface area contributed by atoms with Gasteiger partial charge in [0.2, 0.25) is 0 Å². The van der Waals surface area contributed by atoms with Gasteiger partial charge in [-0.1, -0.05) is 60.0 Å². The highest BCUT2D eigenvalue weighted by Gasteiger charge is 2.21. The van der Waals surface area contributed by atoms with Crippen LogP contribution in [0.4, 0.5) is 0 Å². The van der Waals surface area contributed by atoms with Crippen LogP contribution in [0.25, 0.3) is 0 Å². The molecule has 0 radical (unpaired) electrons. The lowest BCUT2D eigenvalue weighted by Gasteiger charge is -2.28. The van der Waals surface area contributed by atoms with E-state index in [1.165, 1.54) is 12.8 Å². The molecule has 1 rings (SSSR count). The maximum Gasteiger partial charge on any atom is 0.167 e. The Labute approximate surface area is 151 Å². The number of rotatable bonds is 5. The van der Waals surface area contributed by atoms with Crippen LogP contribution in [0, 0.1) is 11.8 Å². The van der Waals surface area contributed by atoms with Crippen molar-refractivity contribution in [1.29, 1.82) is 0 Å². The largest absolute Gasteiger partial charge is 0.501 e. The van der Waals surface area contributed by atoms with Crippen LogP contribution in [0.5, 0.6) is 0 Å². The second-order valence-corrected chi connectivity index (χ2v) is 4.88. The molecule has 3 heteroatoms. The number of nitrogens with two attached hydrogens (primary N) is 1. The Hall–Kier alpha value is -1.24. The summed E-state index contributed by atoms with van der Waals surface area (Å²) in [5.74, 6) is 5.39. The molecule has 0 amide bonds. The third-order valence-corrected chi connectivity index (χ3v) is 3.42. The van der Waals surface area contributed by atoms with Crippen molar-refractivity contribution >= 4 is 0 Å². The molecule has 142 valence electrons. The van der Waals surface area contributed by atoms with Gasteiger partial charge in [-0.25, -0.2) is 0 Å². The SMILES string of the molecule is C.CC.CC.CC#C/C(O)=C/C(=C\C)CCOC1CCCCC1N. The van der Waals surface area contributed by atoms with Crippen molar-refractivity contribution < 1.29 is 9.84 Å². The van der Waals surface area contributed by atoms with Crippen molar-refractivity contribution in [1.82, 2.24) is 0 Å². The zero-order valence-electron chi connectivity index (χ0n) is 16.0. The van der Waals surface area contributed by atoms with Crippen molar-refractivity contribution in [3.63, 3.8) is 0 Å². The van der Waals surface area contributed by atoms with E-state index in [4.69, 9.17) is 10.5 Å². The van der Waals surface area contributed by atoms with E-state index in [1.807, 2.05) is 40.7 Å². The predicted octanol–water partition coefficient (Wildman–Crippen LogP) is 5.76. The van der Waals surface area contributed by atoms with Gasteiger partial charge < -0.3 is 15.6 Å². The number of allylic oxidation sites excluding steroid dienone is 3. The van der Waals surface area contributed by atoms with Gasteiger partial charge in [-0.3, -0.25) is 0 Å². The molecule has 1 aliphatic carbocycles. The summed E-state index contributed by atoms with van der Waals surface area (Å²) in [6.45, 7) is 12.3. The van der Waals surface area contributed by atoms with E-state index in [1.54, 1.807) is 13.0 Å². The second kappa shape index (κ2) is 19.8. The van der Waals surface area contributed by atoms with Crippen LogP contribution in [-0.2, 0) is 4.74 Å². The van der Waals surface area contributed by atoms with Gasteiger partial charge in [0.15, 0.2) is 5.76 Å². The molecule has 2 unspecified atom stereocenters. The van der Waals surface area contributed by atoms with E-state index in [0.29, 0.717) is 6.61 Å². The summed E-state index contributed by atoms with van der Waals surface area (Å²) in [6, 6.07) is 0.178. The summed E-state index contributed by atoms with van der Waals surface area (Å²) in [5, 5.41) is 9.53. The Morgan fingerprint density at radius 1 is 1.21 bits per heavy atom. The molecule has 3 N–H and O–H groups in total. The summed E-state index contributed by atoms with van der Waals surface area (Å²) < 4.78 is 5.86. The Kier molecular flexibility index (Phi) is 22.8.